The normalized spacial score (nSPS) is 11.3. The third-order valence-corrected chi connectivity index (χ3v) is 3.84. The average Bonchev–Trinajstić information content (AvgIpc) is 2.78. The standard InChI is InChI=1S/C11H12N4O4S/c1-7-3-4-9(10(5-7)15(16)17)14-20(18,19)11-6-12-8(2)13-11/h3-6,14H,1-2H3,(H,12,13). The molecule has 0 spiro atoms. The number of benzene rings is 1. The van der Waals surface area contributed by atoms with Crippen LogP contribution < -0.4 is 4.72 Å². The number of nitrogens with zero attached hydrogens (tertiary/aromatic N) is 2. The van der Waals surface area contributed by atoms with Crippen molar-refractivity contribution in [2.75, 3.05) is 4.72 Å². The Kier molecular flexibility index (Phi) is 3.45. The summed E-state index contributed by atoms with van der Waals surface area (Å²) in [7, 11) is -3.93. The monoisotopic (exact) mass is 296 g/mol. The third kappa shape index (κ3) is 2.77. The van der Waals surface area contributed by atoms with Crippen molar-refractivity contribution in [1.82, 2.24) is 9.97 Å². The van der Waals surface area contributed by atoms with Crippen LogP contribution in [0.1, 0.15) is 11.4 Å². The maximum atomic E-state index is 12.1. The summed E-state index contributed by atoms with van der Waals surface area (Å²) in [6, 6.07) is 4.24. The second-order valence-electron chi connectivity index (χ2n) is 4.22. The average molecular weight is 296 g/mol. The SMILES string of the molecule is Cc1ccc(NS(=O)(=O)c2cnc(C)[nH]2)c([N+](=O)[O-])c1. The molecule has 0 radical (unpaired) electrons. The van der Waals surface area contributed by atoms with Gasteiger partial charge in [0.25, 0.3) is 15.7 Å². The van der Waals surface area contributed by atoms with Gasteiger partial charge in [0, 0.05) is 6.07 Å². The molecule has 0 atom stereocenters. The Balaban J connectivity index is 2.42. The largest absolute Gasteiger partial charge is 0.332 e. The molecule has 0 saturated heterocycles. The second kappa shape index (κ2) is 4.93. The lowest BCUT2D eigenvalue weighted by molar-refractivity contribution is -0.383. The third-order valence-electron chi connectivity index (χ3n) is 2.56. The van der Waals surface area contributed by atoms with E-state index >= 15 is 0 Å². The number of H-pyrrole nitrogens is 1. The van der Waals surface area contributed by atoms with E-state index in [1.165, 1.54) is 12.1 Å². The Morgan fingerprint density at radius 1 is 1.35 bits per heavy atom. The zero-order chi connectivity index (χ0) is 14.9. The van der Waals surface area contributed by atoms with Gasteiger partial charge in [0.1, 0.15) is 11.5 Å². The number of hydrogen-bond acceptors (Lipinski definition) is 5. The molecule has 20 heavy (non-hydrogen) atoms. The number of hydrogen-bond donors (Lipinski definition) is 2. The lowest BCUT2D eigenvalue weighted by Crippen LogP contribution is -2.14. The zero-order valence-electron chi connectivity index (χ0n) is 10.7. The summed E-state index contributed by atoms with van der Waals surface area (Å²) in [5.74, 6) is 0.434. The van der Waals surface area contributed by atoms with E-state index in [9.17, 15) is 18.5 Å². The van der Waals surface area contributed by atoms with Crippen LogP contribution in [0.15, 0.2) is 29.4 Å². The molecule has 0 aliphatic carbocycles. The summed E-state index contributed by atoms with van der Waals surface area (Å²) in [6.45, 7) is 3.29. The number of imidazole rings is 1. The maximum absolute atomic E-state index is 12.1. The number of nitro groups is 1. The van der Waals surface area contributed by atoms with Gasteiger partial charge in [-0.3, -0.25) is 14.8 Å². The van der Waals surface area contributed by atoms with E-state index in [2.05, 4.69) is 14.7 Å². The molecule has 9 heteroatoms. The van der Waals surface area contributed by atoms with Crippen molar-refractivity contribution in [1.29, 1.82) is 0 Å². The minimum atomic E-state index is -3.93. The highest BCUT2D eigenvalue weighted by molar-refractivity contribution is 7.92. The lowest BCUT2D eigenvalue weighted by atomic mass is 10.2. The molecule has 1 aromatic carbocycles. The van der Waals surface area contributed by atoms with Gasteiger partial charge in [-0.1, -0.05) is 6.07 Å². The van der Waals surface area contributed by atoms with Gasteiger partial charge in [0.15, 0.2) is 5.03 Å². The first-order valence-electron chi connectivity index (χ1n) is 5.59. The summed E-state index contributed by atoms with van der Waals surface area (Å²) in [5.41, 5.74) is 0.273. The van der Waals surface area contributed by atoms with Gasteiger partial charge >= 0.3 is 0 Å². The second-order valence-corrected chi connectivity index (χ2v) is 5.87. The summed E-state index contributed by atoms with van der Waals surface area (Å²) >= 11 is 0. The number of aromatic amines is 1. The summed E-state index contributed by atoms with van der Waals surface area (Å²) in [4.78, 5) is 16.7. The molecule has 2 aromatic rings. The van der Waals surface area contributed by atoms with E-state index < -0.39 is 14.9 Å². The highest BCUT2D eigenvalue weighted by Gasteiger charge is 2.22. The van der Waals surface area contributed by atoms with Gasteiger partial charge < -0.3 is 4.98 Å². The van der Waals surface area contributed by atoms with E-state index in [4.69, 9.17) is 0 Å². The van der Waals surface area contributed by atoms with Crippen molar-refractivity contribution in [3.63, 3.8) is 0 Å². The van der Waals surface area contributed by atoms with Crippen LogP contribution in [0.4, 0.5) is 11.4 Å². The van der Waals surface area contributed by atoms with Crippen molar-refractivity contribution in [2.24, 2.45) is 0 Å². The van der Waals surface area contributed by atoms with E-state index in [-0.39, 0.29) is 16.4 Å². The molecule has 1 heterocycles. The molecule has 0 unspecified atom stereocenters. The molecule has 0 amide bonds. The van der Waals surface area contributed by atoms with Gasteiger partial charge in [0.2, 0.25) is 0 Å². The fraction of sp³-hybridized carbons (Fsp3) is 0.182. The molecule has 8 nitrogen and oxygen atoms in total. The Hall–Kier alpha value is -2.42. The molecule has 2 N–H and O–H groups in total. The first kappa shape index (κ1) is 14.0. The van der Waals surface area contributed by atoms with E-state index in [1.54, 1.807) is 19.9 Å². The molecule has 0 saturated carbocycles. The van der Waals surface area contributed by atoms with E-state index in [1.807, 2.05) is 0 Å². The molecule has 0 bridgehead atoms. The molecule has 2 rings (SSSR count). The molecule has 106 valence electrons. The van der Waals surface area contributed by atoms with Crippen LogP contribution in [0.3, 0.4) is 0 Å². The molecule has 1 aromatic heterocycles. The van der Waals surface area contributed by atoms with Crippen LogP contribution in [-0.2, 0) is 10.0 Å². The molecule has 0 fully saturated rings. The summed E-state index contributed by atoms with van der Waals surface area (Å²) < 4.78 is 26.3. The van der Waals surface area contributed by atoms with Crippen LogP contribution >= 0.6 is 0 Å². The quantitative estimate of drug-likeness (QED) is 0.658. The van der Waals surface area contributed by atoms with Crippen molar-refractivity contribution in [2.45, 2.75) is 18.9 Å². The van der Waals surface area contributed by atoms with Gasteiger partial charge in [-0.05, 0) is 25.5 Å². The molecular weight excluding hydrogens is 284 g/mol. The van der Waals surface area contributed by atoms with Crippen molar-refractivity contribution in [3.05, 3.63) is 45.9 Å². The minimum absolute atomic E-state index is 0.0900. The highest BCUT2D eigenvalue weighted by Crippen LogP contribution is 2.27. The van der Waals surface area contributed by atoms with Gasteiger partial charge in [-0.15, -0.1) is 0 Å². The molecular formula is C11H12N4O4S. The minimum Gasteiger partial charge on any atom is -0.332 e. The Labute approximate surface area is 115 Å². The van der Waals surface area contributed by atoms with Crippen molar-refractivity contribution in [3.8, 4) is 0 Å². The number of sulfonamides is 1. The topological polar surface area (TPSA) is 118 Å². The lowest BCUT2D eigenvalue weighted by Gasteiger charge is -2.07. The van der Waals surface area contributed by atoms with Gasteiger partial charge in [-0.25, -0.2) is 4.98 Å². The fourth-order valence-corrected chi connectivity index (χ4v) is 2.66. The number of aromatic nitrogens is 2. The number of nitro benzene ring substituents is 1. The first-order valence-corrected chi connectivity index (χ1v) is 7.07. The number of rotatable bonds is 4. The Bertz CT molecular complexity index is 766. The number of aryl methyl sites for hydroxylation is 2. The van der Waals surface area contributed by atoms with Crippen LogP contribution in [0.5, 0.6) is 0 Å². The summed E-state index contributed by atoms with van der Waals surface area (Å²) in [5, 5.41) is 10.8. The summed E-state index contributed by atoms with van der Waals surface area (Å²) in [6.07, 6.45) is 1.15. The predicted molar refractivity (Wildman–Crippen MR) is 72.0 cm³/mol. The van der Waals surface area contributed by atoms with E-state index in [0.717, 1.165) is 6.20 Å². The fourth-order valence-electron chi connectivity index (χ4n) is 1.61. The Morgan fingerprint density at radius 3 is 2.60 bits per heavy atom. The predicted octanol–water partition coefficient (Wildman–Crippen LogP) is 1.74. The van der Waals surface area contributed by atoms with Crippen LogP contribution in [0.2, 0.25) is 0 Å². The number of anilines is 1. The van der Waals surface area contributed by atoms with Gasteiger partial charge in [-0.2, -0.15) is 8.42 Å². The highest BCUT2D eigenvalue weighted by atomic mass is 32.2. The first-order chi connectivity index (χ1) is 9.29. The van der Waals surface area contributed by atoms with E-state index in [0.29, 0.717) is 11.4 Å². The Morgan fingerprint density at radius 2 is 2.05 bits per heavy atom. The number of nitrogens with one attached hydrogen (secondary N) is 2. The zero-order valence-corrected chi connectivity index (χ0v) is 11.6. The van der Waals surface area contributed by atoms with Crippen molar-refractivity contribution < 1.29 is 13.3 Å². The molecule has 0 aliphatic rings. The maximum Gasteiger partial charge on any atom is 0.293 e. The smallest absolute Gasteiger partial charge is 0.293 e. The van der Waals surface area contributed by atoms with Crippen molar-refractivity contribution >= 4 is 21.4 Å². The van der Waals surface area contributed by atoms with Crippen LogP contribution in [0, 0.1) is 24.0 Å². The van der Waals surface area contributed by atoms with Crippen LogP contribution in [-0.4, -0.2) is 23.3 Å². The van der Waals surface area contributed by atoms with Crippen LogP contribution in [0.25, 0.3) is 0 Å². The molecule has 0 aliphatic heterocycles. The van der Waals surface area contributed by atoms with Gasteiger partial charge in [0.05, 0.1) is 11.1 Å².